The highest BCUT2D eigenvalue weighted by atomic mass is 35.5. The van der Waals surface area contributed by atoms with Gasteiger partial charge in [0.25, 0.3) is 5.91 Å². The lowest BCUT2D eigenvalue weighted by Gasteiger charge is -2.12. The van der Waals surface area contributed by atoms with Gasteiger partial charge in [0.15, 0.2) is 0 Å². The number of nitrogens with zero attached hydrogens (tertiary/aromatic N) is 1. The van der Waals surface area contributed by atoms with Crippen LogP contribution in [0.25, 0.3) is 0 Å². The zero-order valence-corrected chi connectivity index (χ0v) is 20.7. The third-order valence-electron chi connectivity index (χ3n) is 5.96. The van der Waals surface area contributed by atoms with Crippen LogP contribution in [0.1, 0.15) is 50.5 Å². The Kier molecular flexibility index (Phi) is 7.31. The van der Waals surface area contributed by atoms with Crippen molar-refractivity contribution in [2.45, 2.75) is 38.8 Å². The van der Waals surface area contributed by atoms with Crippen molar-refractivity contribution < 1.29 is 13.9 Å². The molecule has 1 N–H and O–H groups in total. The lowest BCUT2D eigenvalue weighted by Crippen LogP contribution is -2.23. The normalized spacial score (nSPS) is 13.1. The molecule has 0 radical (unpaired) electrons. The molecular weight excluding hydrogens is 480 g/mol. The number of benzene rings is 2. The van der Waals surface area contributed by atoms with Gasteiger partial charge < -0.3 is 14.5 Å². The van der Waals surface area contributed by atoms with Gasteiger partial charge in [-0.25, -0.2) is 4.99 Å². The fourth-order valence-electron chi connectivity index (χ4n) is 4.16. The predicted molar refractivity (Wildman–Crippen MR) is 140 cm³/mol. The summed E-state index contributed by atoms with van der Waals surface area (Å²) >= 11 is 7.89. The van der Waals surface area contributed by atoms with Gasteiger partial charge in [0.1, 0.15) is 23.1 Å². The van der Waals surface area contributed by atoms with Crippen LogP contribution in [-0.4, -0.2) is 12.1 Å². The van der Waals surface area contributed by atoms with E-state index in [9.17, 15) is 4.79 Å². The standard InChI is InChI=1S/C28H25ClN2O3S/c29-23-12-4-1-9-20(23)18-34-24-13-5-2-8-19(24)16-31-28-26(22-11-3-6-14-25(22)35-28)27(32)30-17-21-10-7-15-33-21/h1-2,4-5,7-10,12-13,15-16H,3,6,11,14,17-18H2,(H,30,32). The average molecular weight is 505 g/mol. The summed E-state index contributed by atoms with van der Waals surface area (Å²) in [6.07, 6.45) is 7.51. The average Bonchev–Trinajstić information content (AvgIpc) is 3.54. The van der Waals surface area contributed by atoms with Crippen molar-refractivity contribution in [3.05, 3.63) is 105 Å². The molecule has 0 bridgehead atoms. The van der Waals surface area contributed by atoms with Crippen LogP contribution in [0.4, 0.5) is 5.00 Å². The number of ether oxygens (including phenoxy) is 1. The van der Waals surface area contributed by atoms with Crippen molar-refractivity contribution in [2.24, 2.45) is 4.99 Å². The zero-order valence-electron chi connectivity index (χ0n) is 19.1. The van der Waals surface area contributed by atoms with Crippen molar-refractivity contribution in [1.82, 2.24) is 5.32 Å². The highest BCUT2D eigenvalue weighted by molar-refractivity contribution is 7.16. The van der Waals surface area contributed by atoms with E-state index >= 15 is 0 Å². The Morgan fingerprint density at radius 3 is 2.77 bits per heavy atom. The number of hydrogen-bond acceptors (Lipinski definition) is 5. The molecule has 5 rings (SSSR count). The first-order valence-electron chi connectivity index (χ1n) is 11.6. The van der Waals surface area contributed by atoms with E-state index in [2.05, 4.69) is 5.32 Å². The van der Waals surface area contributed by atoms with E-state index in [1.165, 1.54) is 4.88 Å². The Hall–Kier alpha value is -3.35. The van der Waals surface area contributed by atoms with Gasteiger partial charge in [0.2, 0.25) is 0 Å². The lowest BCUT2D eigenvalue weighted by atomic mass is 9.95. The number of para-hydroxylation sites is 1. The molecule has 5 nitrogen and oxygen atoms in total. The second kappa shape index (κ2) is 10.9. The van der Waals surface area contributed by atoms with Crippen LogP contribution in [0.3, 0.4) is 0 Å². The molecule has 0 fully saturated rings. The molecule has 2 heterocycles. The lowest BCUT2D eigenvalue weighted by molar-refractivity contribution is 0.0948. The summed E-state index contributed by atoms with van der Waals surface area (Å²) in [4.78, 5) is 19.2. The van der Waals surface area contributed by atoms with Gasteiger partial charge in [-0.2, -0.15) is 0 Å². The van der Waals surface area contributed by atoms with Gasteiger partial charge in [0, 0.05) is 27.2 Å². The van der Waals surface area contributed by atoms with Crippen LogP contribution < -0.4 is 10.1 Å². The summed E-state index contributed by atoms with van der Waals surface area (Å²) in [7, 11) is 0. The first-order chi connectivity index (χ1) is 17.2. The molecular formula is C28H25ClN2O3S. The summed E-state index contributed by atoms with van der Waals surface area (Å²) in [5.41, 5.74) is 3.57. The minimum atomic E-state index is -0.115. The van der Waals surface area contributed by atoms with Crippen LogP contribution >= 0.6 is 22.9 Å². The first-order valence-corrected chi connectivity index (χ1v) is 12.8. The van der Waals surface area contributed by atoms with Crippen LogP contribution in [0.5, 0.6) is 5.75 Å². The SMILES string of the molecule is O=C(NCc1ccco1)c1c(N=Cc2ccccc2OCc2ccccc2Cl)sc2c1CCCC2. The number of carbonyl (C=O) groups is 1. The Bertz CT molecular complexity index is 1340. The molecule has 1 aliphatic carbocycles. The molecule has 178 valence electrons. The number of rotatable bonds is 8. The number of hydrogen-bond donors (Lipinski definition) is 1. The number of nitrogens with one attached hydrogen (secondary N) is 1. The first kappa shape index (κ1) is 23.4. The predicted octanol–water partition coefficient (Wildman–Crippen LogP) is 7.13. The number of aliphatic imine (C=N–C) groups is 1. The maximum atomic E-state index is 13.2. The topological polar surface area (TPSA) is 63.8 Å². The molecule has 0 spiro atoms. The van der Waals surface area contributed by atoms with Gasteiger partial charge in [-0.05, 0) is 61.6 Å². The summed E-state index contributed by atoms with van der Waals surface area (Å²) in [5, 5.41) is 4.40. The molecule has 0 unspecified atom stereocenters. The quantitative estimate of drug-likeness (QED) is 0.259. The van der Waals surface area contributed by atoms with Crippen LogP contribution in [0.15, 0.2) is 76.3 Å². The van der Waals surface area contributed by atoms with Crippen molar-refractivity contribution in [3.63, 3.8) is 0 Å². The molecule has 0 saturated heterocycles. The molecule has 35 heavy (non-hydrogen) atoms. The zero-order chi connectivity index (χ0) is 24.0. The number of halogens is 1. The summed E-state index contributed by atoms with van der Waals surface area (Å²) in [6.45, 7) is 0.705. The third-order valence-corrected chi connectivity index (χ3v) is 7.53. The Balaban J connectivity index is 1.38. The summed E-state index contributed by atoms with van der Waals surface area (Å²) in [6, 6.07) is 19.0. The molecule has 1 aliphatic rings. The summed E-state index contributed by atoms with van der Waals surface area (Å²) in [5.74, 6) is 1.31. The van der Waals surface area contributed by atoms with E-state index in [4.69, 9.17) is 25.7 Å². The van der Waals surface area contributed by atoms with Gasteiger partial charge in [0.05, 0.1) is 18.4 Å². The van der Waals surface area contributed by atoms with Crippen LogP contribution in [-0.2, 0) is 26.0 Å². The molecule has 0 atom stereocenters. The van der Waals surface area contributed by atoms with Crippen molar-refractivity contribution in [1.29, 1.82) is 0 Å². The molecule has 2 aromatic carbocycles. The molecule has 0 saturated carbocycles. The fraction of sp³-hybridized carbons (Fsp3) is 0.214. The smallest absolute Gasteiger partial charge is 0.255 e. The molecule has 4 aromatic rings. The van der Waals surface area contributed by atoms with Crippen LogP contribution in [0, 0.1) is 0 Å². The monoisotopic (exact) mass is 504 g/mol. The molecule has 1 amide bonds. The summed E-state index contributed by atoms with van der Waals surface area (Å²) < 4.78 is 11.4. The Labute approximate surface area is 213 Å². The number of carbonyl (C=O) groups excluding carboxylic acids is 1. The van der Waals surface area contributed by atoms with E-state index in [0.717, 1.165) is 53.1 Å². The molecule has 0 aliphatic heterocycles. The Morgan fingerprint density at radius 1 is 1.09 bits per heavy atom. The number of furan rings is 1. The maximum Gasteiger partial charge on any atom is 0.255 e. The number of thiophene rings is 1. The van der Waals surface area contributed by atoms with Crippen molar-refractivity contribution in [3.8, 4) is 5.75 Å². The van der Waals surface area contributed by atoms with Crippen molar-refractivity contribution >= 4 is 40.1 Å². The van der Waals surface area contributed by atoms with Gasteiger partial charge in [-0.3, -0.25) is 4.79 Å². The van der Waals surface area contributed by atoms with E-state index in [1.54, 1.807) is 23.8 Å². The second-order valence-corrected chi connectivity index (χ2v) is 9.82. The largest absolute Gasteiger partial charge is 0.488 e. The Morgan fingerprint density at radius 2 is 1.91 bits per heavy atom. The molecule has 2 aromatic heterocycles. The highest BCUT2D eigenvalue weighted by Crippen LogP contribution is 2.40. The third kappa shape index (κ3) is 5.50. The van der Waals surface area contributed by atoms with E-state index in [0.29, 0.717) is 29.5 Å². The van der Waals surface area contributed by atoms with E-state index < -0.39 is 0 Å². The second-order valence-electron chi connectivity index (χ2n) is 8.33. The minimum Gasteiger partial charge on any atom is -0.488 e. The van der Waals surface area contributed by atoms with E-state index in [-0.39, 0.29) is 5.91 Å². The van der Waals surface area contributed by atoms with Crippen LogP contribution in [0.2, 0.25) is 5.02 Å². The maximum absolute atomic E-state index is 13.2. The molecule has 7 heteroatoms. The van der Waals surface area contributed by atoms with E-state index in [1.807, 2.05) is 60.7 Å². The number of fused-ring (bicyclic) bond motifs is 1. The minimum absolute atomic E-state index is 0.115. The highest BCUT2D eigenvalue weighted by Gasteiger charge is 2.25. The number of aryl methyl sites for hydroxylation is 1. The number of amides is 1. The van der Waals surface area contributed by atoms with Gasteiger partial charge >= 0.3 is 0 Å². The van der Waals surface area contributed by atoms with Gasteiger partial charge in [-0.15, -0.1) is 11.3 Å². The van der Waals surface area contributed by atoms with Crippen molar-refractivity contribution in [2.75, 3.05) is 0 Å². The fourth-order valence-corrected chi connectivity index (χ4v) is 5.58. The van der Waals surface area contributed by atoms with Gasteiger partial charge in [-0.1, -0.05) is 41.9 Å².